The summed E-state index contributed by atoms with van der Waals surface area (Å²) >= 11 is 1.32. The number of aliphatic imine (C=N–C) groups is 1. The molecular weight excluding hydrogens is 408 g/mol. The Hall–Kier alpha value is -3.51. The molecule has 0 spiro atoms. The van der Waals surface area contributed by atoms with Crippen LogP contribution in [-0.2, 0) is 4.79 Å². The molecule has 0 aliphatic carbocycles. The zero-order valence-electron chi connectivity index (χ0n) is 17.5. The molecule has 0 atom stereocenters. The van der Waals surface area contributed by atoms with E-state index in [0.29, 0.717) is 15.8 Å². The van der Waals surface area contributed by atoms with Crippen molar-refractivity contribution in [3.05, 3.63) is 88.3 Å². The number of carbonyl (C=O) groups is 1. The quantitative estimate of drug-likeness (QED) is 0.529. The van der Waals surface area contributed by atoms with Crippen molar-refractivity contribution < 1.29 is 14.6 Å². The lowest BCUT2D eigenvalue weighted by Gasteiger charge is -2.16. The molecule has 1 saturated heterocycles. The Morgan fingerprint density at radius 2 is 1.61 bits per heavy atom. The van der Waals surface area contributed by atoms with Crippen LogP contribution < -0.4 is 9.64 Å². The number of aromatic hydroxyl groups is 1. The fraction of sp³-hybridized carbons (Fsp3) is 0.120. The summed E-state index contributed by atoms with van der Waals surface area (Å²) in [6.07, 6.45) is 1.79. The van der Waals surface area contributed by atoms with E-state index in [0.717, 1.165) is 28.1 Å². The number of nitrogens with zero attached hydrogens (tertiary/aromatic N) is 2. The van der Waals surface area contributed by atoms with Gasteiger partial charge >= 0.3 is 0 Å². The second-order valence-electron chi connectivity index (χ2n) is 7.25. The van der Waals surface area contributed by atoms with E-state index in [9.17, 15) is 9.90 Å². The molecule has 0 aromatic heterocycles. The van der Waals surface area contributed by atoms with Gasteiger partial charge in [0.1, 0.15) is 0 Å². The first-order chi connectivity index (χ1) is 14.9. The molecule has 4 rings (SSSR count). The third-order valence-electron chi connectivity index (χ3n) is 4.86. The number of thioether (sulfide) groups is 1. The van der Waals surface area contributed by atoms with E-state index in [1.807, 2.05) is 62.4 Å². The smallest absolute Gasteiger partial charge is 0.271 e. The Kier molecular flexibility index (Phi) is 5.82. The summed E-state index contributed by atoms with van der Waals surface area (Å²) in [6.45, 7) is 4.03. The van der Waals surface area contributed by atoms with Crippen molar-refractivity contribution in [1.29, 1.82) is 0 Å². The molecule has 0 radical (unpaired) electrons. The normalized spacial score (nSPS) is 16.4. The topological polar surface area (TPSA) is 62.1 Å². The van der Waals surface area contributed by atoms with Crippen molar-refractivity contribution in [2.75, 3.05) is 12.0 Å². The van der Waals surface area contributed by atoms with Crippen LogP contribution in [0.1, 0.15) is 16.7 Å². The Labute approximate surface area is 185 Å². The Bertz CT molecular complexity index is 1180. The minimum absolute atomic E-state index is 0.0537. The van der Waals surface area contributed by atoms with Crippen LogP contribution in [0.5, 0.6) is 11.5 Å². The van der Waals surface area contributed by atoms with E-state index >= 15 is 0 Å². The molecule has 1 aliphatic heterocycles. The van der Waals surface area contributed by atoms with E-state index in [1.165, 1.54) is 18.9 Å². The maximum Gasteiger partial charge on any atom is 0.271 e. The number of phenolic OH excluding ortho intramolecular Hbond substituents is 1. The van der Waals surface area contributed by atoms with Gasteiger partial charge in [-0.1, -0.05) is 41.5 Å². The highest BCUT2D eigenvalue weighted by molar-refractivity contribution is 8.19. The molecule has 3 aromatic rings. The number of carbonyl (C=O) groups excluding carboxylic acids is 1. The third-order valence-corrected chi connectivity index (χ3v) is 5.83. The predicted molar refractivity (Wildman–Crippen MR) is 127 cm³/mol. The van der Waals surface area contributed by atoms with Crippen LogP contribution in [0.2, 0.25) is 0 Å². The van der Waals surface area contributed by atoms with Crippen LogP contribution in [0, 0.1) is 13.8 Å². The molecule has 5 nitrogen and oxygen atoms in total. The molecule has 1 aliphatic rings. The van der Waals surface area contributed by atoms with Crippen LogP contribution in [0.3, 0.4) is 0 Å². The average molecular weight is 431 g/mol. The first-order valence-electron chi connectivity index (χ1n) is 9.77. The average Bonchev–Trinajstić information content (AvgIpc) is 3.06. The second kappa shape index (κ2) is 8.70. The van der Waals surface area contributed by atoms with E-state index in [2.05, 4.69) is 0 Å². The molecule has 0 saturated carbocycles. The lowest BCUT2D eigenvalue weighted by Crippen LogP contribution is -2.28. The van der Waals surface area contributed by atoms with E-state index in [1.54, 1.807) is 29.2 Å². The molecule has 6 heteroatoms. The maximum atomic E-state index is 13.3. The fourth-order valence-corrected chi connectivity index (χ4v) is 4.14. The van der Waals surface area contributed by atoms with Gasteiger partial charge < -0.3 is 9.84 Å². The van der Waals surface area contributed by atoms with Crippen molar-refractivity contribution in [2.24, 2.45) is 4.99 Å². The predicted octanol–water partition coefficient (Wildman–Crippen LogP) is 5.83. The molecule has 1 N–H and O–H groups in total. The highest BCUT2D eigenvalue weighted by Gasteiger charge is 2.34. The maximum absolute atomic E-state index is 13.3. The molecule has 1 amide bonds. The van der Waals surface area contributed by atoms with Crippen LogP contribution >= 0.6 is 11.8 Å². The van der Waals surface area contributed by atoms with Gasteiger partial charge in [0, 0.05) is 0 Å². The number of anilines is 1. The largest absolute Gasteiger partial charge is 0.504 e. The molecule has 3 aromatic carbocycles. The van der Waals surface area contributed by atoms with Gasteiger partial charge in [0.05, 0.1) is 23.4 Å². The number of phenols is 1. The molecule has 156 valence electrons. The summed E-state index contributed by atoms with van der Waals surface area (Å²) < 4.78 is 5.18. The first-order valence-corrected chi connectivity index (χ1v) is 10.6. The standard InChI is InChI=1S/C25H22N2O3S/c1-16-4-9-19(10-5-16)26-25-27(20-11-6-17(2)7-12-20)24(29)23(31-25)15-18-8-13-21(28)22(14-18)30-3/h4-15,28H,1-3H3/b23-15-,26-25+. The number of aryl methyl sites for hydroxylation is 2. The molecule has 1 heterocycles. The van der Waals surface area contributed by atoms with Gasteiger partial charge in [-0.2, -0.15) is 0 Å². The minimum atomic E-state index is -0.147. The van der Waals surface area contributed by atoms with Crippen LogP contribution in [0.4, 0.5) is 11.4 Å². The van der Waals surface area contributed by atoms with Crippen LogP contribution in [-0.4, -0.2) is 23.3 Å². The van der Waals surface area contributed by atoms with E-state index in [4.69, 9.17) is 9.73 Å². The summed E-state index contributed by atoms with van der Waals surface area (Å²) in [4.78, 5) is 20.3. The number of ether oxygens (including phenoxy) is 1. The summed E-state index contributed by atoms with van der Waals surface area (Å²) in [7, 11) is 1.49. The zero-order valence-corrected chi connectivity index (χ0v) is 18.3. The van der Waals surface area contributed by atoms with Gasteiger partial charge in [-0.3, -0.25) is 9.69 Å². The molecule has 0 unspecified atom stereocenters. The molecular formula is C25H22N2O3S. The monoisotopic (exact) mass is 430 g/mol. The number of hydrogen-bond donors (Lipinski definition) is 1. The van der Waals surface area contributed by atoms with Gasteiger partial charge in [0.2, 0.25) is 0 Å². The molecule has 0 bridgehead atoms. The summed E-state index contributed by atoms with van der Waals surface area (Å²) in [5.41, 5.74) is 4.57. The second-order valence-corrected chi connectivity index (χ2v) is 8.26. The van der Waals surface area contributed by atoms with Crippen molar-refractivity contribution in [3.8, 4) is 11.5 Å². The lowest BCUT2D eigenvalue weighted by atomic mass is 10.1. The van der Waals surface area contributed by atoms with Crippen molar-refractivity contribution in [2.45, 2.75) is 13.8 Å². The number of methoxy groups -OCH3 is 1. The minimum Gasteiger partial charge on any atom is -0.504 e. The number of benzene rings is 3. The Morgan fingerprint density at radius 3 is 2.26 bits per heavy atom. The molecule has 1 fully saturated rings. The van der Waals surface area contributed by atoms with Crippen LogP contribution in [0.15, 0.2) is 76.6 Å². The van der Waals surface area contributed by atoms with Crippen molar-refractivity contribution in [1.82, 2.24) is 0 Å². The van der Waals surface area contributed by atoms with Gasteiger partial charge in [0.15, 0.2) is 16.7 Å². The lowest BCUT2D eigenvalue weighted by molar-refractivity contribution is -0.113. The number of hydrogen-bond acceptors (Lipinski definition) is 5. The Balaban J connectivity index is 1.76. The molecule has 31 heavy (non-hydrogen) atoms. The fourth-order valence-electron chi connectivity index (χ4n) is 3.14. The number of rotatable bonds is 4. The van der Waals surface area contributed by atoms with Crippen molar-refractivity contribution in [3.63, 3.8) is 0 Å². The zero-order chi connectivity index (χ0) is 22.0. The summed E-state index contributed by atoms with van der Waals surface area (Å²) in [5.74, 6) is 0.262. The first kappa shape index (κ1) is 20.8. The van der Waals surface area contributed by atoms with E-state index < -0.39 is 0 Å². The van der Waals surface area contributed by atoms with Crippen LogP contribution in [0.25, 0.3) is 6.08 Å². The highest BCUT2D eigenvalue weighted by atomic mass is 32.2. The summed E-state index contributed by atoms with van der Waals surface area (Å²) in [5, 5.41) is 10.4. The summed E-state index contributed by atoms with van der Waals surface area (Å²) in [6, 6.07) is 20.6. The van der Waals surface area contributed by atoms with Gasteiger partial charge in [-0.05, 0) is 73.6 Å². The highest BCUT2D eigenvalue weighted by Crippen LogP contribution is 2.38. The Morgan fingerprint density at radius 1 is 0.968 bits per heavy atom. The third kappa shape index (κ3) is 4.49. The SMILES string of the molecule is COc1cc(/C=C2\S/C(=N/c3ccc(C)cc3)N(c3ccc(C)cc3)C2=O)ccc1O. The number of amidine groups is 1. The van der Waals surface area contributed by atoms with Gasteiger partial charge in [0.25, 0.3) is 5.91 Å². The van der Waals surface area contributed by atoms with Gasteiger partial charge in [-0.25, -0.2) is 4.99 Å². The van der Waals surface area contributed by atoms with E-state index in [-0.39, 0.29) is 11.7 Å². The van der Waals surface area contributed by atoms with Crippen molar-refractivity contribution >= 4 is 40.3 Å². The van der Waals surface area contributed by atoms with Gasteiger partial charge in [-0.15, -0.1) is 0 Å². The number of amides is 1.